The number of carbonyl (C=O) groups excluding carboxylic acids is 1. The summed E-state index contributed by atoms with van der Waals surface area (Å²) in [4.78, 5) is 15.3. The van der Waals surface area contributed by atoms with Gasteiger partial charge in [0.15, 0.2) is 0 Å². The number of carbonyl (C=O) groups is 1. The highest BCUT2D eigenvalue weighted by molar-refractivity contribution is 5.94. The molecule has 1 aromatic rings. The van der Waals surface area contributed by atoms with E-state index in [1.54, 1.807) is 6.20 Å². The molecular weight excluding hydrogens is 292 g/mol. The smallest absolute Gasteiger partial charge is 0.224 e. The molecule has 2 aliphatic rings. The van der Waals surface area contributed by atoms with Gasteiger partial charge < -0.3 is 15.2 Å². The molecule has 1 atom stereocenters. The van der Waals surface area contributed by atoms with Crippen LogP contribution in [0.3, 0.4) is 0 Å². The number of aliphatic imine (C=N–C) groups is 1. The molecule has 1 aromatic carbocycles. The number of anilines is 1. The summed E-state index contributed by atoms with van der Waals surface area (Å²) in [6.45, 7) is 6.20. The first kappa shape index (κ1) is 15.6. The molecule has 1 saturated heterocycles. The van der Waals surface area contributed by atoms with Crippen LogP contribution in [0.2, 0.25) is 0 Å². The van der Waals surface area contributed by atoms with Gasteiger partial charge in [-0.15, -0.1) is 0 Å². The summed E-state index contributed by atoms with van der Waals surface area (Å²) in [5, 5.41) is 13.0. The lowest BCUT2D eigenvalue weighted by atomic mass is 9.90. The normalized spacial score (nSPS) is 24.9. The quantitative estimate of drug-likeness (QED) is 0.823. The van der Waals surface area contributed by atoms with Crippen LogP contribution in [0.1, 0.15) is 24.5 Å². The molecule has 0 radical (unpaired) electrons. The summed E-state index contributed by atoms with van der Waals surface area (Å²) in [6.07, 6.45) is 2.17. The number of benzene rings is 1. The van der Waals surface area contributed by atoms with Gasteiger partial charge in [-0.2, -0.15) is 0 Å². The standard InChI is InChI=1S/C18H20N2O3/c1-11(15-9-23-10-17(21)14(15)8-19-2)12-3-5-16-13(7-12)4-6-18(22)20-16/h3,5,7-8,17,21H,2,4,6,9-10H2,1H3,(H,20,22)/b14-8?,15-11+. The average Bonchev–Trinajstić information content (AvgIpc) is 2.55. The molecule has 2 heterocycles. The number of rotatable bonds is 2. The number of hydrogen-bond acceptors (Lipinski definition) is 4. The first-order valence-corrected chi connectivity index (χ1v) is 7.65. The zero-order chi connectivity index (χ0) is 16.4. The van der Waals surface area contributed by atoms with Crippen LogP contribution < -0.4 is 5.32 Å². The molecule has 1 fully saturated rings. The number of ether oxygens (including phenoxy) is 1. The van der Waals surface area contributed by atoms with Crippen molar-refractivity contribution in [2.75, 3.05) is 18.5 Å². The molecule has 0 bridgehead atoms. The van der Waals surface area contributed by atoms with Crippen LogP contribution in [0.4, 0.5) is 5.69 Å². The number of hydrogen-bond donors (Lipinski definition) is 2. The summed E-state index contributed by atoms with van der Waals surface area (Å²) >= 11 is 0. The predicted molar refractivity (Wildman–Crippen MR) is 90.4 cm³/mol. The molecule has 0 aromatic heterocycles. The second-order valence-electron chi connectivity index (χ2n) is 5.82. The van der Waals surface area contributed by atoms with E-state index in [1.807, 2.05) is 19.1 Å². The Labute approximate surface area is 135 Å². The summed E-state index contributed by atoms with van der Waals surface area (Å²) in [5.41, 5.74) is 5.81. The van der Waals surface area contributed by atoms with Crippen molar-refractivity contribution < 1.29 is 14.6 Å². The van der Waals surface area contributed by atoms with Crippen molar-refractivity contribution in [2.45, 2.75) is 25.9 Å². The number of fused-ring (bicyclic) bond motifs is 1. The van der Waals surface area contributed by atoms with Crippen molar-refractivity contribution in [2.24, 2.45) is 4.99 Å². The Kier molecular flexibility index (Phi) is 4.41. The Morgan fingerprint density at radius 2 is 2.30 bits per heavy atom. The minimum absolute atomic E-state index is 0.0615. The number of nitrogens with one attached hydrogen (secondary N) is 1. The molecule has 0 spiro atoms. The largest absolute Gasteiger partial charge is 0.386 e. The van der Waals surface area contributed by atoms with Crippen LogP contribution >= 0.6 is 0 Å². The van der Waals surface area contributed by atoms with Gasteiger partial charge >= 0.3 is 0 Å². The highest BCUT2D eigenvalue weighted by atomic mass is 16.5. The Balaban J connectivity index is 2.01. The fourth-order valence-corrected chi connectivity index (χ4v) is 3.02. The number of aliphatic hydroxyl groups is 1. The van der Waals surface area contributed by atoms with Crippen molar-refractivity contribution >= 4 is 23.9 Å². The molecule has 120 valence electrons. The number of nitrogens with zero attached hydrogens (tertiary/aromatic N) is 1. The van der Waals surface area contributed by atoms with Crippen molar-refractivity contribution in [3.8, 4) is 0 Å². The molecule has 2 N–H and O–H groups in total. The Bertz CT molecular complexity index is 719. The van der Waals surface area contributed by atoms with Gasteiger partial charge in [-0.1, -0.05) is 6.07 Å². The summed E-state index contributed by atoms with van der Waals surface area (Å²) in [5.74, 6) is 0.0615. The Morgan fingerprint density at radius 3 is 3.09 bits per heavy atom. The van der Waals surface area contributed by atoms with Gasteiger partial charge in [-0.25, -0.2) is 0 Å². The Morgan fingerprint density at radius 1 is 1.48 bits per heavy atom. The number of allylic oxidation sites excluding steroid dienone is 1. The minimum atomic E-state index is -0.684. The van der Waals surface area contributed by atoms with Crippen LogP contribution in [-0.4, -0.2) is 37.0 Å². The van der Waals surface area contributed by atoms with Gasteiger partial charge in [-0.05, 0) is 54.5 Å². The second kappa shape index (κ2) is 6.48. The molecule has 23 heavy (non-hydrogen) atoms. The van der Waals surface area contributed by atoms with E-state index in [1.165, 1.54) is 0 Å². The lowest BCUT2D eigenvalue weighted by molar-refractivity contribution is -0.116. The van der Waals surface area contributed by atoms with Gasteiger partial charge in [0.25, 0.3) is 0 Å². The van der Waals surface area contributed by atoms with Gasteiger partial charge in [0.05, 0.1) is 13.2 Å². The molecule has 2 aliphatic heterocycles. The van der Waals surface area contributed by atoms with E-state index in [0.29, 0.717) is 13.0 Å². The third kappa shape index (κ3) is 3.11. The zero-order valence-electron chi connectivity index (χ0n) is 13.1. The second-order valence-corrected chi connectivity index (χ2v) is 5.82. The lowest BCUT2D eigenvalue weighted by Crippen LogP contribution is -2.27. The third-order valence-corrected chi connectivity index (χ3v) is 4.35. The number of aryl methyl sites for hydroxylation is 1. The molecule has 5 heteroatoms. The van der Waals surface area contributed by atoms with Crippen molar-refractivity contribution in [3.63, 3.8) is 0 Å². The fraction of sp³-hybridized carbons (Fsp3) is 0.333. The maximum absolute atomic E-state index is 11.5. The maximum atomic E-state index is 11.5. The highest BCUT2D eigenvalue weighted by Crippen LogP contribution is 2.32. The van der Waals surface area contributed by atoms with Gasteiger partial charge in [0, 0.05) is 23.9 Å². The van der Waals surface area contributed by atoms with E-state index in [2.05, 4.69) is 23.1 Å². The van der Waals surface area contributed by atoms with Crippen LogP contribution in [0.15, 0.2) is 40.5 Å². The van der Waals surface area contributed by atoms with Crippen LogP contribution in [-0.2, 0) is 16.0 Å². The van der Waals surface area contributed by atoms with Gasteiger partial charge in [0.1, 0.15) is 6.10 Å². The van der Waals surface area contributed by atoms with Crippen molar-refractivity contribution in [1.29, 1.82) is 0 Å². The highest BCUT2D eigenvalue weighted by Gasteiger charge is 2.24. The monoisotopic (exact) mass is 312 g/mol. The van der Waals surface area contributed by atoms with E-state index in [4.69, 9.17) is 4.74 Å². The van der Waals surface area contributed by atoms with E-state index < -0.39 is 6.10 Å². The molecule has 3 rings (SSSR count). The Hall–Kier alpha value is -2.24. The predicted octanol–water partition coefficient (Wildman–Crippen LogP) is 2.32. The SMILES string of the molecule is C=NC=C1/C(=C(\C)c2ccc3c(c2)CCC(=O)N3)COCC1O. The van der Waals surface area contributed by atoms with Crippen molar-refractivity contribution in [3.05, 3.63) is 46.7 Å². The molecular formula is C18H20N2O3. The van der Waals surface area contributed by atoms with Crippen molar-refractivity contribution in [1.82, 2.24) is 0 Å². The molecule has 5 nitrogen and oxygen atoms in total. The van der Waals surface area contributed by atoms with E-state index >= 15 is 0 Å². The average molecular weight is 312 g/mol. The van der Waals surface area contributed by atoms with Crippen LogP contribution in [0.5, 0.6) is 0 Å². The van der Waals surface area contributed by atoms with E-state index in [-0.39, 0.29) is 12.5 Å². The van der Waals surface area contributed by atoms with E-state index in [9.17, 15) is 9.90 Å². The third-order valence-electron chi connectivity index (χ3n) is 4.35. The summed E-state index contributed by atoms with van der Waals surface area (Å²) < 4.78 is 5.47. The maximum Gasteiger partial charge on any atom is 0.224 e. The first-order valence-electron chi connectivity index (χ1n) is 7.65. The van der Waals surface area contributed by atoms with E-state index in [0.717, 1.165) is 40.0 Å². The topological polar surface area (TPSA) is 70.9 Å². The molecule has 1 unspecified atom stereocenters. The number of amides is 1. The van der Waals surface area contributed by atoms with Crippen LogP contribution in [0.25, 0.3) is 5.57 Å². The first-order chi connectivity index (χ1) is 11.1. The molecule has 0 saturated carbocycles. The molecule has 0 aliphatic carbocycles. The van der Waals surface area contributed by atoms with Crippen LogP contribution in [0, 0.1) is 0 Å². The number of aliphatic hydroxyl groups excluding tert-OH is 1. The lowest BCUT2D eigenvalue weighted by Gasteiger charge is -2.26. The summed E-state index contributed by atoms with van der Waals surface area (Å²) in [6, 6.07) is 6.00. The fourth-order valence-electron chi connectivity index (χ4n) is 3.02. The minimum Gasteiger partial charge on any atom is -0.386 e. The van der Waals surface area contributed by atoms with Gasteiger partial charge in [-0.3, -0.25) is 9.79 Å². The summed E-state index contributed by atoms with van der Waals surface area (Å²) in [7, 11) is 0. The molecule has 1 amide bonds. The van der Waals surface area contributed by atoms with Gasteiger partial charge in [0.2, 0.25) is 5.91 Å². The zero-order valence-corrected chi connectivity index (χ0v) is 13.1.